The molecule has 3 N–H and O–H groups in total. The van der Waals surface area contributed by atoms with Gasteiger partial charge in [-0.2, -0.15) is 0 Å². The molecule has 10 aliphatic rings. The average molecular weight is 1770 g/mol. The predicted octanol–water partition coefficient (Wildman–Crippen LogP) is 14.6. The number of aliphatic hydroxyl groups is 1. The third-order valence-electron chi connectivity index (χ3n) is 21.3. The summed E-state index contributed by atoms with van der Waals surface area (Å²) in [4.78, 5) is 115. The van der Waals surface area contributed by atoms with E-state index in [1.807, 2.05) is 26.4 Å². The van der Waals surface area contributed by atoms with Gasteiger partial charge in [0.2, 0.25) is 29.4 Å². The van der Waals surface area contributed by atoms with Crippen molar-refractivity contribution in [2.24, 2.45) is 25.0 Å². The van der Waals surface area contributed by atoms with Crippen LogP contribution in [-0.4, -0.2) is 172 Å². The molecule has 0 bridgehead atoms. The first-order valence-corrected chi connectivity index (χ1v) is 42.9. The molecule has 5 aliphatic carbocycles. The van der Waals surface area contributed by atoms with E-state index in [9.17, 15) is 37.5 Å². The Bertz CT molecular complexity index is 5840. The van der Waals surface area contributed by atoms with Crippen LogP contribution >= 0.6 is 0 Å². The van der Waals surface area contributed by atoms with Crippen LogP contribution in [0.2, 0.25) is 0 Å². The van der Waals surface area contributed by atoms with Gasteiger partial charge in [-0.3, -0.25) is 44.1 Å². The van der Waals surface area contributed by atoms with Gasteiger partial charge in [-0.1, -0.05) is 26.0 Å². The number of aromatic carboxylic acids is 1. The van der Waals surface area contributed by atoms with E-state index in [0.717, 1.165) is 151 Å². The number of fused-ring (bicyclic) bond motifs is 5. The fourth-order valence-corrected chi connectivity index (χ4v) is 13.8. The second kappa shape index (κ2) is 43.2. The van der Waals surface area contributed by atoms with Crippen LogP contribution in [0.5, 0.6) is 40.9 Å². The molecule has 10 heterocycles. The van der Waals surface area contributed by atoms with Crippen molar-refractivity contribution in [1.29, 1.82) is 0 Å². The maximum absolute atomic E-state index is 14.3. The van der Waals surface area contributed by atoms with Crippen LogP contribution in [0.15, 0.2) is 129 Å². The number of Topliss-reactive ketones (excluding diaryl/α,β-unsaturated/α-hetero) is 2. The van der Waals surface area contributed by atoms with Crippen LogP contribution in [0.25, 0.3) is 22.3 Å². The minimum absolute atomic E-state index is 0.0163. The van der Waals surface area contributed by atoms with Crippen molar-refractivity contribution < 1.29 is 108 Å². The first kappa shape index (κ1) is 91.6. The first-order chi connectivity index (χ1) is 61.7. The van der Waals surface area contributed by atoms with Crippen molar-refractivity contribution in [3.63, 3.8) is 0 Å². The summed E-state index contributed by atoms with van der Waals surface area (Å²) in [5.74, 6) is 0.841. The molecule has 1 amide bonds. The topological polar surface area (TPSA) is 392 Å². The number of halogens is 2. The fourth-order valence-electron chi connectivity index (χ4n) is 13.8. The molecular formula is C94H96F2MnN12O18. The summed E-state index contributed by atoms with van der Waals surface area (Å²) in [6.07, 6.45) is 31.2. The summed E-state index contributed by atoms with van der Waals surface area (Å²) >= 11 is -1.44. The molecule has 127 heavy (non-hydrogen) atoms. The number of carboxylic acids is 1. The Morgan fingerprint density at radius 1 is 0.488 bits per heavy atom. The third kappa shape index (κ3) is 23.3. The Kier molecular flexibility index (Phi) is 31.2. The summed E-state index contributed by atoms with van der Waals surface area (Å²) in [7, 11) is 5.05. The number of benzene rings is 4. The van der Waals surface area contributed by atoms with Crippen LogP contribution in [0.4, 0.5) is 8.78 Å². The summed E-state index contributed by atoms with van der Waals surface area (Å²) in [5, 5.41) is 21.4. The number of hydrogen-bond donors (Lipinski definition) is 3. The van der Waals surface area contributed by atoms with E-state index in [1.54, 1.807) is 119 Å². The van der Waals surface area contributed by atoms with Crippen molar-refractivity contribution in [3.05, 3.63) is 221 Å². The molecule has 0 spiro atoms. The Morgan fingerprint density at radius 2 is 0.858 bits per heavy atom. The number of carboxylic acid groups (broad SMARTS) is 1. The molecule has 4 aromatic carbocycles. The zero-order valence-corrected chi connectivity index (χ0v) is 72.4. The molecule has 30 nitrogen and oxygen atoms in total. The molecule has 33 heteroatoms. The molecule has 5 saturated carbocycles. The van der Waals surface area contributed by atoms with Gasteiger partial charge in [0.15, 0.2) is 17.9 Å². The van der Waals surface area contributed by atoms with E-state index in [0.29, 0.717) is 138 Å². The number of amides is 1. The van der Waals surface area contributed by atoms with Crippen LogP contribution in [0.3, 0.4) is 0 Å². The summed E-state index contributed by atoms with van der Waals surface area (Å²) in [6, 6.07) is 18.4. The van der Waals surface area contributed by atoms with Gasteiger partial charge in [-0.25, -0.2) is 43.3 Å². The van der Waals surface area contributed by atoms with Gasteiger partial charge in [-0.15, -0.1) is 0 Å². The van der Waals surface area contributed by atoms with Crippen LogP contribution in [-0.2, 0) is 79.6 Å². The number of aromatic nitrogens is 5. The van der Waals surface area contributed by atoms with Crippen molar-refractivity contribution in [3.8, 4) is 63.2 Å². The number of nitrogens with zero attached hydrogens (tertiary/aromatic N) is 11. The number of rotatable bonds is 29. The van der Waals surface area contributed by atoms with Crippen molar-refractivity contribution in [2.45, 2.75) is 188 Å². The molecule has 9 aromatic rings. The van der Waals surface area contributed by atoms with Crippen molar-refractivity contribution in [2.75, 3.05) is 34.4 Å². The van der Waals surface area contributed by atoms with Crippen LogP contribution in [0.1, 0.15) is 239 Å². The van der Waals surface area contributed by atoms with Gasteiger partial charge in [-0.05, 0) is 190 Å². The summed E-state index contributed by atoms with van der Waals surface area (Å²) in [6.45, 7) is 12.0. The third-order valence-corrected chi connectivity index (χ3v) is 21.3. The maximum atomic E-state index is 14.3. The molecule has 5 aromatic heterocycles. The average Bonchev–Trinajstić information content (AvgIpc) is 1.31. The van der Waals surface area contributed by atoms with Gasteiger partial charge in [0.1, 0.15) is 53.7 Å². The molecule has 661 valence electrons. The number of hydrogen-bond acceptors (Lipinski definition) is 28. The number of carbonyl (C=O) groups excluding carboxylic acids is 5. The monoisotopic (exact) mass is 1770 g/mol. The SMILES string of the molecule is CCOc1cc(C(=O)N(C)Cc2cnc(OC3CC3)c3c2CN=C3)ccc1-c1ccc(F)c(C(=O)CC)c1.CCOc1cc(C(=O)O)ccc1-c1ccc(F)c(C(=O)CC)c1.CNCc1cnc(OC2CC2)c2c1CN=C2.COC(=O)c1cnc(OC2CC2)c2c1CN=C2.O=Cc1cnc(OC2CC2)c2c1CN=C2.OCc1cnc(OC2CC2)c2c1CN=C2.[O]=[Mn]=[O]. The van der Waals surface area contributed by atoms with Gasteiger partial charge in [0, 0.05) is 128 Å². The van der Waals surface area contributed by atoms with Crippen LogP contribution in [0, 0.1) is 11.6 Å². The number of nitrogens with one attached hydrogen (secondary N) is 1. The molecule has 0 unspecified atom stereocenters. The number of methoxy groups -OCH3 is 1. The second-order valence-electron chi connectivity index (χ2n) is 30.7. The number of ether oxygens (including phenoxy) is 8. The Labute approximate surface area is 737 Å². The molecule has 19 rings (SSSR count). The van der Waals surface area contributed by atoms with E-state index in [-0.39, 0.29) is 71.8 Å². The predicted molar refractivity (Wildman–Crippen MR) is 461 cm³/mol. The van der Waals surface area contributed by atoms with Crippen LogP contribution < -0.4 is 38.5 Å². The zero-order valence-electron chi connectivity index (χ0n) is 71.2. The Balaban J connectivity index is 0.000000135. The standard InChI is InChI=1S/C30H30FN3O4.C18H17FO4.C12H15N3O.C12H12N2O3.C11H12N2O2.C11H10N2O2.Mn.2O/c1-4-27(35)23-12-18(7-11-26(23)31)22-10-6-19(13-28(22)37-5-2)30(36)34(3)17-20-14-33-29(38-21-8-9-21)25-16-32-15-24(20)25;1-3-16(20)14-9-11(6-8-15(14)19)13-7-5-12(18(21)22)10-17(13)23-4-2;1-13-4-8-5-15-12(16-9-2-3-9)11-7-14-6-10(8)11;1-16-12(15)10-6-14-11(17-7-2-3-7)9-5-13-4-8(9)10;2*14-6-7-3-13-11(15-8-1-2-8)10-5-12-4-9(7)10;;;/h6-7,10-14,16,21H,4-5,8-9,15,17H2,1-3H3;5-10H,3-4H2,1-2H3,(H,21,22);5,7,9,13H,2-4,6H2,1H3;5-7H,2-4H2,1H3;3,5,8,14H,1-2,4,6H2;3,5-6,8H,1-2,4H2;;;. The van der Waals surface area contributed by atoms with Gasteiger partial charge in [0.25, 0.3) is 5.91 Å². The molecular weight excluding hydrogens is 1680 g/mol. The van der Waals surface area contributed by atoms with Crippen molar-refractivity contribution in [1.82, 2.24) is 35.1 Å². The van der Waals surface area contributed by atoms with E-state index in [1.165, 1.54) is 54.8 Å². The minimum atomic E-state index is -1.44. The fraction of sp³-hybridized carbons (Fsp3) is 0.362. The Morgan fingerprint density at radius 3 is 1.26 bits per heavy atom. The molecule has 0 atom stereocenters. The van der Waals surface area contributed by atoms with Gasteiger partial charge >= 0.3 is 34.4 Å². The Hall–Kier alpha value is -13.1. The number of esters is 1. The molecule has 5 aliphatic heterocycles. The number of aliphatic imine (C=N–C) groups is 5. The number of carbonyl (C=O) groups is 6. The summed E-state index contributed by atoms with van der Waals surface area (Å²) < 4.78 is 89.7. The normalized spacial score (nSPS) is 14.8. The first-order valence-electron chi connectivity index (χ1n) is 42.0. The number of ketones is 2. The number of pyridine rings is 5. The zero-order chi connectivity index (χ0) is 89.8. The number of aliphatic hydroxyl groups excluding tert-OH is 1. The van der Waals surface area contributed by atoms with Crippen molar-refractivity contribution >= 4 is 66.8 Å². The molecule has 0 radical (unpaired) electrons. The number of aldehydes is 1. The van der Waals surface area contributed by atoms with Gasteiger partial charge < -0.3 is 58.3 Å². The van der Waals surface area contributed by atoms with E-state index in [2.05, 4.69) is 55.2 Å². The molecule has 5 fully saturated rings. The summed E-state index contributed by atoms with van der Waals surface area (Å²) in [5.41, 5.74) is 17.1. The molecule has 0 saturated heterocycles. The second-order valence-corrected chi connectivity index (χ2v) is 30.9. The quantitative estimate of drug-likeness (QED) is 0.0170. The van der Waals surface area contributed by atoms with E-state index >= 15 is 0 Å². The van der Waals surface area contributed by atoms with E-state index < -0.39 is 32.4 Å². The van der Waals surface area contributed by atoms with Gasteiger partial charge in [0.05, 0.1) is 110 Å². The van der Waals surface area contributed by atoms with E-state index in [4.69, 9.17) is 55.8 Å².